The zero-order valence-corrected chi connectivity index (χ0v) is 8.55. The molecule has 0 saturated heterocycles. The molecule has 0 aliphatic rings. The zero-order chi connectivity index (χ0) is 11.5. The molecule has 2 unspecified atom stereocenters. The van der Waals surface area contributed by atoms with Gasteiger partial charge in [0.05, 0.1) is 0 Å². The highest BCUT2D eigenvalue weighted by Crippen LogP contribution is 2.17. The third-order valence-electron chi connectivity index (χ3n) is 2.48. The Hall–Kier alpha value is -1.39. The molecule has 15 heavy (non-hydrogen) atoms. The summed E-state index contributed by atoms with van der Waals surface area (Å²) < 4.78 is 0. The first-order chi connectivity index (χ1) is 6.94. The molecule has 0 spiro atoms. The van der Waals surface area contributed by atoms with Gasteiger partial charge in [-0.15, -0.1) is 0 Å². The highest BCUT2D eigenvalue weighted by Gasteiger charge is 2.37. The van der Waals surface area contributed by atoms with Crippen LogP contribution in [0.4, 0.5) is 0 Å². The van der Waals surface area contributed by atoms with Crippen molar-refractivity contribution in [3.63, 3.8) is 0 Å². The molecule has 4 heteroatoms. The summed E-state index contributed by atoms with van der Waals surface area (Å²) in [5.74, 6) is -1.94. The van der Waals surface area contributed by atoms with Crippen molar-refractivity contribution in [2.75, 3.05) is 0 Å². The van der Waals surface area contributed by atoms with Crippen LogP contribution in [0.1, 0.15) is 12.5 Å². The number of rotatable bonds is 4. The van der Waals surface area contributed by atoms with Gasteiger partial charge >= 0.3 is 5.97 Å². The summed E-state index contributed by atoms with van der Waals surface area (Å²) >= 11 is 0. The molecule has 0 amide bonds. The molecule has 0 aliphatic carbocycles. The van der Waals surface area contributed by atoms with E-state index in [4.69, 9.17) is 10.8 Å². The van der Waals surface area contributed by atoms with Crippen molar-refractivity contribution in [1.29, 1.82) is 0 Å². The summed E-state index contributed by atoms with van der Waals surface area (Å²) in [4.78, 5) is 10.7. The van der Waals surface area contributed by atoms with Crippen molar-refractivity contribution in [1.82, 2.24) is 0 Å². The minimum Gasteiger partial charge on any atom is -0.478 e. The summed E-state index contributed by atoms with van der Waals surface area (Å²) in [6.45, 7) is 1.61. The van der Waals surface area contributed by atoms with E-state index in [1.165, 1.54) is 0 Å². The monoisotopic (exact) mass is 209 g/mol. The normalized spacial score (nSPS) is 16.7. The van der Waals surface area contributed by atoms with E-state index in [9.17, 15) is 9.90 Å². The molecule has 0 aromatic heterocycles. The van der Waals surface area contributed by atoms with Crippen LogP contribution >= 0.6 is 0 Å². The van der Waals surface area contributed by atoms with Gasteiger partial charge in [-0.1, -0.05) is 37.3 Å². The summed E-state index contributed by atoms with van der Waals surface area (Å²) in [6.07, 6.45) is 0.431. The standard InChI is InChI=1S/C11H15NO3/c1-8(11(12,15)10(13)14)7-9-5-3-2-4-6-9/h2-6,8,15H,7,12H2,1H3,(H,13,14). The van der Waals surface area contributed by atoms with Gasteiger partial charge in [-0.2, -0.15) is 0 Å². The van der Waals surface area contributed by atoms with Gasteiger partial charge in [0.25, 0.3) is 0 Å². The molecule has 1 aromatic carbocycles. The van der Waals surface area contributed by atoms with Crippen LogP contribution in [0.5, 0.6) is 0 Å². The molecule has 0 heterocycles. The Kier molecular flexibility index (Phi) is 3.44. The minimum atomic E-state index is -2.17. The van der Waals surface area contributed by atoms with E-state index in [1.54, 1.807) is 6.92 Å². The van der Waals surface area contributed by atoms with Gasteiger partial charge in [0, 0.05) is 5.92 Å². The average Bonchev–Trinajstić information content (AvgIpc) is 2.18. The zero-order valence-electron chi connectivity index (χ0n) is 8.55. The lowest BCUT2D eigenvalue weighted by molar-refractivity contribution is -0.163. The average molecular weight is 209 g/mol. The van der Waals surface area contributed by atoms with Crippen LogP contribution in [0.2, 0.25) is 0 Å². The molecule has 82 valence electrons. The summed E-state index contributed by atoms with van der Waals surface area (Å²) in [7, 11) is 0. The molecule has 4 N–H and O–H groups in total. The predicted molar refractivity (Wildman–Crippen MR) is 56.1 cm³/mol. The van der Waals surface area contributed by atoms with E-state index >= 15 is 0 Å². The van der Waals surface area contributed by atoms with Crippen molar-refractivity contribution in [2.24, 2.45) is 11.7 Å². The topological polar surface area (TPSA) is 83.5 Å². The third kappa shape index (κ3) is 2.78. The second-order valence-corrected chi connectivity index (χ2v) is 3.72. The molecule has 1 rings (SSSR count). The fourth-order valence-corrected chi connectivity index (χ4v) is 1.33. The summed E-state index contributed by atoms with van der Waals surface area (Å²) in [6, 6.07) is 9.33. The molecule has 0 bridgehead atoms. The van der Waals surface area contributed by atoms with E-state index in [0.717, 1.165) is 5.56 Å². The number of carbonyl (C=O) groups is 1. The van der Waals surface area contributed by atoms with Gasteiger partial charge in [-0.3, -0.25) is 5.73 Å². The Balaban J connectivity index is 2.72. The molecular weight excluding hydrogens is 194 g/mol. The Morgan fingerprint density at radius 2 is 2.00 bits per heavy atom. The van der Waals surface area contributed by atoms with E-state index in [2.05, 4.69) is 0 Å². The number of hydrogen-bond donors (Lipinski definition) is 3. The van der Waals surface area contributed by atoms with Crippen molar-refractivity contribution in [2.45, 2.75) is 19.1 Å². The van der Waals surface area contributed by atoms with Crippen molar-refractivity contribution in [3.8, 4) is 0 Å². The first-order valence-electron chi connectivity index (χ1n) is 4.73. The van der Waals surface area contributed by atoms with Crippen LogP contribution in [-0.4, -0.2) is 21.9 Å². The molecular formula is C11H15NO3. The lowest BCUT2D eigenvalue weighted by Gasteiger charge is -2.25. The van der Waals surface area contributed by atoms with Gasteiger partial charge in [0.2, 0.25) is 5.72 Å². The largest absolute Gasteiger partial charge is 0.478 e. The molecule has 0 saturated carbocycles. The fraction of sp³-hybridized carbons (Fsp3) is 0.364. The number of carboxylic acid groups (broad SMARTS) is 1. The molecule has 0 aliphatic heterocycles. The molecule has 0 fully saturated rings. The molecule has 2 atom stereocenters. The smallest absolute Gasteiger partial charge is 0.351 e. The predicted octanol–water partition coefficient (Wildman–Crippen LogP) is 0.597. The van der Waals surface area contributed by atoms with Crippen LogP contribution in [-0.2, 0) is 11.2 Å². The maximum Gasteiger partial charge on any atom is 0.351 e. The number of nitrogens with two attached hydrogens (primary N) is 1. The SMILES string of the molecule is CC(Cc1ccccc1)C(N)(O)C(=O)O. The van der Waals surface area contributed by atoms with E-state index in [-0.39, 0.29) is 0 Å². The third-order valence-corrected chi connectivity index (χ3v) is 2.48. The van der Waals surface area contributed by atoms with Crippen LogP contribution in [0.3, 0.4) is 0 Å². The van der Waals surface area contributed by atoms with Crippen molar-refractivity contribution >= 4 is 5.97 Å². The fourth-order valence-electron chi connectivity index (χ4n) is 1.33. The summed E-state index contributed by atoms with van der Waals surface area (Å²) in [5.41, 5.74) is 4.09. The van der Waals surface area contributed by atoms with Crippen LogP contribution in [0.15, 0.2) is 30.3 Å². The first-order valence-corrected chi connectivity index (χ1v) is 4.73. The molecule has 1 aromatic rings. The quantitative estimate of drug-likeness (QED) is 0.634. The van der Waals surface area contributed by atoms with Crippen molar-refractivity contribution < 1.29 is 15.0 Å². The first kappa shape index (κ1) is 11.7. The maximum atomic E-state index is 10.7. The number of carboxylic acids is 1. The minimum absolute atomic E-state index is 0.431. The Bertz CT molecular complexity index is 335. The van der Waals surface area contributed by atoms with Gasteiger partial charge in [-0.25, -0.2) is 4.79 Å². The Morgan fingerprint density at radius 1 is 1.47 bits per heavy atom. The van der Waals surface area contributed by atoms with Gasteiger partial charge < -0.3 is 10.2 Å². The van der Waals surface area contributed by atoms with Crippen LogP contribution < -0.4 is 5.73 Å². The van der Waals surface area contributed by atoms with Gasteiger partial charge in [0.1, 0.15) is 0 Å². The molecule has 0 radical (unpaired) electrons. The number of benzene rings is 1. The van der Waals surface area contributed by atoms with E-state index in [1.807, 2.05) is 30.3 Å². The van der Waals surface area contributed by atoms with E-state index < -0.39 is 17.6 Å². The van der Waals surface area contributed by atoms with Crippen molar-refractivity contribution in [3.05, 3.63) is 35.9 Å². The van der Waals surface area contributed by atoms with Gasteiger partial charge in [-0.05, 0) is 12.0 Å². The number of hydrogen-bond acceptors (Lipinski definition) is 3. The second kappa shape index (κ2) is 4.42. The highest BCUT2D eigenvalue weighted by atomic mass is 16.4. The summed E-state index contributed by atoms with van der Waals surface area (Å²) in [5, 5.41) is 18.2. The highest BCUT2D eigenvalue weighted by molar-refractivity contribution is 5.76. The molecule has 4 nitrogen and oxygen atoms in total. The Labute approximate surface area is 88.3 Å². The maximum absolute atomic E-state index is 10.7. The van der Waals surface area contributed by atoms with Crippen LogP contribution in [0.25, 0.3) is 0 Å². The van der Waals surface area contributed by atoms with E-state index in [0.29, 0.717) is 6.42 Å². The second-order valence-electron chi connectivity index (χ2n) is 3.72. The number of aliphatic carboxylic acids is 1. The lowest BCUT2D eigenvalue weighted by atomic mass is 9.91. The number of aliphatic hydroxyl groups is 1. The van der Waals surface area contributed by atoms with Crippen LogP contribution in [0, 0.1) is 5.92 Å². The van der Waals surface area contributed by atoms with Gasteiger partial charge in [0.15, 0.2) is 0 Å². The Morgan fingerprint density at radius 3 is 2.47 bits per heavy atom. The lowest BCUT2D eigenvalue weighted by Crippen LogP contribution is -2.53.